The number of imidazole rings is 1. The third-order valence-corrected chi connectivity index (χ3v) is 3.44. The molecule has 1 heterocycles. The molecule has 2 N–H and O–H groups in total. The van der Waals surface area contributed by atoms with E-state index in [9.17, 15) is 9.90 Å². The number of nitrogens with zero attached hydrogens (tertiary/aromatic N) is 3. The van der Waals surface area contributed by atoms with Crippen LogP contribution in [0.25, 0.3) is 11.4 Å². The lowest BCUT2D eigenvalue weighted by atomic mass is 10.1. The number of carbonyl (C=O) groups is 1. The zero-order valence-electron chi connectivity index (χ0n) is 14.1. The van der Waals surface area contributed by atoms with Gasteiger partial charge in [0.15, 0.2) is 0 Å². The Morgan fingerprint density at radius 2 is 2.17 bits per heavy atom. The maximum absolute atomic E-state index is 12.4. The van der Waals surface area contributed by atoms with Gasteiger partial charge in [0, 0.05) is 37.2 Å². The molecule has 0 spiro atoms. The largest absolute Gasteiger partial charge is 0.389 e. The second kappa shape index (κ2) is 6.83. The van der Waals surface area contributed by atoms with Gasteiger partial charge >= 0.3 is 6.03 Å². The van der Waals surface area contributed by atoms with Crippen molar-refractivity contribution in [2.45, 2.75) is 26.4 Å². The summed E-state index contributed by atoms with van der Waals surface area (Å²) in [6.45, 7) is 6.05. The van der Waals surface area contributed by atoms with E-state index < -0.39 is 5.60 Å². The topological polar surface area (TPSA) is 70.4 Å². The van der Waals surface area contributed by atoms with Crippen molar-refractivity contribution >= 4 is 11.7 Å². The van der Waals surface area contributed by atoms with Gasteiger partial charge in [0.05, 0.1) is 12.1 Å². The molecule has 0 aliphatic heterocycles. The van der Waals surface area contributed by atoms with E-state index in [1.165, 1.54) is 0 Å². The molecule has 0 saturated heterocycles. The number of amides is 2. The van der Waals surface area contributed by atoms with E-state index >= 15 is 0 Å². The van der Waals surface area contributed by atoms with Crippen molar-refractivity contribution in [2.24, 2.45) is 7.05 Å². The minimum absolute atomic E-state index is 0.230. The Balaban J connectivity index is 2.14. The smallest absolute Gasteiger partial charge is 0.321 e. The van der Waals surface area contributed by atoms with Gasteiger partial charge in [-0.2, -0.15) is 0 Å². The van der Waals surface area contributed by atoms with Gasteiger partial charge in [-0.05, 0) is 32.9 Å². The first-order chi connectivity index (χ1) is 10.8. The predicted octanol–water partition coefficient (Wildman–Crippen LogP) is 2.71. The van der Waals surface area contributed by atoms with Crippen LogP contribution in [0.3, 0.4) is 0 Å². The van der Waals surface area contributed by atoms with Crippen LogP contribution in [0.5, 0.6) is 0 Å². The Kier molecular flexibility index (Phi) is 5.05. The molecular weight excluding hydrogens is 292 g/mol. The second-order valence-electron chi connectivity index (χ2n) is 6.20. The highest BCUT2D eigenvalue weighted by molar-refractivity contribution is 5.90. The summed E-state index contributed by atoms with van der Waals surface area (Å²) in [7, 11) is 1.93. The third kappa shape index (κ3) is 4.56. The normalized spacial score (nSPS) is 11.3. The molecule has 2 amide bonds. The number of nitrogens with one attached hydrogen (secondary N) is 1. The molecule has 23 heavy (non-hydrogen) atoms. The maximum Gasteiger partial charge on any atom is 0.321 e. The number of hydrogen-bond acceptors (Lipinski definition) is 3. The standard InChI is InChI=1S/C17H24N4O2/c1-5-21(12-17(2,3)23)16(22)19-14-8-6-7-13(11-14)15-18-9-10-20(15)4/h6-11,23H,5,12H2,1-4H3,(H,19,22). The summed E-state index contributed by atoms with van der Waals surface area (Å²) in [5.74, 6) is 0.838. The summed E-state index contributed by atoms with van der Waals surface area (Å²) in [5.41, 5.74) is 0.702. The van der Waals surface area contributed by atoms with Crippen molar-refractivity contribution in [3.8, 4) is 11.4 Å². The highest BCUT2D eigenvalue weighted by Crippen LogP contribution is 2.21. The van der Waals surface area contributed by atoms with Crippen molar-refractivity contribution in [1.29, 1.82) is 0 Å². The van der Waals surface area contributed by atoms with Crippen LogP contribution in [-0.4, -0.2) is 44.3 Å². The summed E-state index contributed by atoms with van der Waals surface area (Å²) in [6, 6.07) is 7.32. The van der Waals surface area contributed by atoms with E-state index in [0.717, 1.165) is 11.4 Å². The fraction of sp³-hybridized carbons (Fsp3) is 0.412. The number of rotatable bonds is 5. The molecule has 0 saturated carbocycles. The van der Waals surface area contributed by atoms with Crippen LogP contribution in [0.1, 0.15) is 20.8 Å². The summed E-state index contributed by atoms with van der Waals surface area (Å²) in [5, 5.41) is 12.8. The number of aliphatic hydroxyl groups is 1. The van der Waals surface area contributed by atoms with Gasteiger partial charge in [0.1, 0.15) is 5.82 Å². The van der Waals surface area contributed by atoms with Gasteiger partial charge in [-0.15, -0.1) is 0 Å². The Bertz CT molecular complexity index is 673. The van der Waals surface area contributed by atoms with Crippen LogP contribution in [0.2, 0.25) is 0 Å². The molecule has 1 aromatic carbocycles. The van der Waals surface area contributed by atoms with Crippen LogP contribution in [0.15, 0.2) is 36.7 Å². The zero-order chi connectivity index (χ0) is 17.0. The molecule has 0 aliphatic carbocycles. The minimum Gasteiger partial charge on any atom is -0.389 e. The maximum atomic E-state index is 12.4. The number of hydrogen-bond donors (Lipinski definition) is 2. The first-order valence-electron chi connectivity index (χ1n) is 7.66. The first kappa shape index (κ1) is 17.0. The summed E-state index contributed by atoms with van der Waals surface area (Å²) >= 11 is 0. The highest BCUT2D eigenvalue weighted by atomic mass is 16.3. The van der Waals surface area contributed by atoms with Crippen molar-refractivity contribution in [3.63, 3.8) is 0 Å². The quantitative estimate of drug-likeness (QED) is 0.891. The van der Waals surface area contributed by atoms with E-state index in [2.05, 4.69) is 10.3 Å². The lowest BCUT2D eigenvalue weighted by Gasteiger charge is -2.28. The van der Waals surface area contributed by atoms with Crippen LogP contribution in [0, 0.1) is 0 Å². The van der Waals surface area contributed by atoms with Crippen LogP contribution < -0.4 is 5.32 Å². The molecule has 124 valence electrons. The molecule has 0 bridgehead atoms. The second-order valence-corrected chi connectivity index (χ2v) is 6.20. The molecule has 0 aliphatic rings. The van der Waals surface area contributed by atoms with E-state index in [1.807, 2.05) is 49.0 Å². The van der Waals surface area contributed by atoms with Gasteiger partial charge in [-0.3, -0.25) is 0 Å². The van der Waals surface area contributed by atoms with Crippen LogP contribution >= 0.6 is 0 Å². The zero-order valence-corrected chi connectivity index (χ0v) is 14.1. The Labute approximate surface area is 136 Å². The molecule has 0 fully saturated rings. The van der Waals surface area contributed by atoms with Gasteiger partial charge in [0.2, 0.25) is 0 Å². The molecule has 6 nitrogen and oxygen atoms in total. The van der Waals surface area contributed by atoms with E-state index in [-0.39, 0.29) is 12.6 Å². The Hall–Kier alpha value is -2.34. The van der Waals surface area contributed by atoms with Gasteiger partial charge in [-0.25, -0.2) is 9.78 Å². The van der Waals surface area contributed by atoms with Gasteiger partial charge in [0.25, 0.3) is 0 Å². The van der Waals surface area contributed by atoms with E-state index in [1.54, 1.807) is 24.9 Å². The Morgan fingerprint density at radius 1 is 1.43 bits per heavy atom. The number of urea groups is 1. The average Bonchev–Trinajstić information content (AvgIpc) is 2.90. The monoisotopic (exact) mass is 316 g/mol. The van der Waals surface area contributed by atoms with Crippen LogP contribution in [0.4, 0.5) is 10.5 Å². The number of aryl methyl sites for hydroxylation is 1. The fourth-order valence-corrected chi connectivity index (χ4v) is 2.38. The summed E-state index contributed by atoms with van der Waals surface area (Å²) in [6.07, 6.45) is 3.62. The van der Waals surface area contributed by atoms with Gasteiger partial charge < -0.3 is 19.9 Å². The molecule has 0 radical (unpaired) electrons. The number of carbonyl (C=O) groups excluding carboxylic acids is 1. The summed E-state index contributed by atoms with van der Waals surface area (Å²) in [4.78, 5) is 18.3. The molecule has 1 aromatic heterocycles. The molecule has 2 rings (SSSR count). The molecule has 6 heteroatoms. The Morgan fingerprint density at radius 3 is 2.74 bits per heavy atom. The van der Waals surface area contributed by atoms with Gasteiger partial charge in [-0.1, -0.05) is 12.1 Å². The molecule has 0 atom stereocenters. The minimum atomic E-state index is -0.928. The van der Waals surface area contributed by atoms with Crippen molar-refractivity contribution in [3.05, 3.63) is 36.7 Å². The van der Waals surface area contributed by atoms with E-state index in [0.29, 0.717) is 12.2 Å². The van der Waals surface area contributed by atoms with Crippen LogP contribution in [-0.2, 0) is 7.05 Å². The van der Waals surface area contributed by atoms with E-state index in [4.69, 9.17) is 0 Å². The molecule has 0 unspecified atom stereocenters. The first-order valence-corrected chi connectivity index (χ1v) is 7.66. The number of benzene rings is 1. The number of likely N-dealkylation sites (N-methyl/N-ethyl adjacent to an activating group) is 1. The predicted molar refractivity (Wildman–Crippen MR) is 91.2 cm³/mol. The third-order valence-electron chi connectivity index (χ3n) is 3.44. The molecular formula is C17H24N4O2. The van der Waals surface area contributed by atoms with Crippen molar-refractivity contribution in [2.75, 3.05) is 18.4 Å². The molecule has 2 aromatic rings. The highest BCUT2D eigenvalue weighted by Gasteiger charge is 2.21. The number of anilines is 1. The average molecular weight is 316 g/mol. The van der Waals surface area contributed by atoms with Crippen molar-refractivity contribution < 1.29 is 9.90 Å². The SMILES string of the molecule is CCN(CC(C)(C)O)C(=O)Nc1cccc(-c2nccn2C)c1. The lowest BCUT2D eigenvalue weighted by Crippen LogP contribution is -2.44. The summed E-state index contributed by atoms with van der Waals surface area (Å²) < 4.78 is 1.92. The number of aromatic nitrogens is 2. The van der Waals surface area contributed by atoms with Crippen molar-refractivity contribution in [1.82, 2.24) is 14.5 Å². The fourth-order valence-electron chi connectivity index (χ4n) is 2.38. The lowest BCUT2D eigenvalue weighted by molar-refractivity contribution is 0.0501.